The molecule has 23 heavy (non-hydrogen) atoms. The second kappa shape index (κ2) is 6.39. The van der Waals surface area contributed by atoms with Gasteiger partial charge in [-0.3, -0.25) is 9.79 Å². The Morgan fingerprint density at radius 1 is 1.48 bits per heavy atom. The third-order valence-electron chi connectivity index (χ3n) is 3.86. The smallest absolute Gasteiger partial charge is 0.212 e. The van der Waals surface area contributed by atoms with E-state index in [0.29, 0.717) is 24.2 Å². The highest BCUT2D eigenvalue weighted by Crippen LogP contribution is 2.24. The molecule has 1 atom stereocenters. The summed E-state index contributed by atoms with van der Waals surface area (Å²) in [6, 6.07) is 9.71. The summed E-state index contributed by atoms with van der Waals surface area (Å²) in [5, 5.41) is 8.97. The molecule has 116 valence electrons. The molecule has 0 bridgehead atoms. The lowest BCUT2D eigenvalue weighted by atomic mass is 9.92. The summed E-state index contributed by atoms with van der Waals surface area (Å²) in [5.41, 5.74) is 6.81. The van der Waals surface area contributed by atoms with Gasteiger partial charge >= 0.3 is 0 Å². The number of halogens is 1. The fourth-order valence-electron chi connectivity index (χ4n) is 2.69. The minimum absolute atomic E-state index is 0.0389. The van der Waals surface area contributed by atoms with E-state index in [2.05, 4.69) is 20.9 Å². The molecule has 2 aromatic rings. The Morgan fingerprint density at radius 2 is 2.30 bits per heavy atom. The molecule has 1 aromatic carbocycles. The maximum absolute atomic E-state index is 12.2. The normalized spacial score (nSPS) is 17.0. The van der Waals surface area contributed by atoms with Crippen molar-refractivity contribution in [2.75, 3.05) is 5.73 Å². The van der Waals surface area contributed by atoms with Gasteiger partial charge in [0.25, 0.3) is 0 Å². The molecule has 0 spiro atoms. The third-order valence-corrected chi connectivity index (χ3v) is 4.35. The van der Waals surface area contributed by atoms with Crippen LogP contribution in [-0.4, -0.2) is 12.3 Å². The molecule has 0 radical (unpaired) electrons. The van der Waals surface area contributed by atoms with Crippen molar-refractivity contribution in [3.8, 4) is 6.07 Å². The summed E-state index contributed by atoms with van der Waals surface area (Å²) in [6.45, 7) is 0. The monoisotopic (exact) mass is 371 g/mol. The SMILES string of the molecule is N#Cc1c(N)oc2c(c1=O)CCC(N=Cc1cccc(Br)c1)C2. The van der Waals surface area contributed by atoms with E-state index in [-0.39, 0.29) is 22.9 Å². The molecule has 0 saturated carbocycles. The highest BCUT2D eigenvalue weighted by atomic mass is 79.9. The van der Waals surface area contributed by atoms with Crippen molar-refractivity contribution < 1.29 is 4.42 Å². The van der Waals surface area contributed by atoms with Crippen molar-refractivity contribution >= 4 is 28.0 Å². The van der Waals surface area contributed by atoms with Gasteiger partial charge < -0.3 is 10.2 Å². The lowest BCUT2D eigenvalue weighted by molar-refractivity contribution is 0.439. The number of hydrogen-bond donors (Lipinski definition) is 1. The first kappa shape index (κ1) is 15.5. The number of nitrogen functional groups attached to an aromatic ring is 1. The molecule has 0 saturated heterocycles. The van der Waals surface area contributed by atoms with E-state index in [1.807, 2.05) is 36.5 Å². The van der Waals surface area contributed by atoms with Crippen LogP contribution in [0.3, 0.4) is 0 Å². The fourth-order valence-corrected chi connectivity index (χ4v) is 3.11. The summed E-state index contributed by atoms with van der Waals surface area (Å²) in [6.07, 6.45) is 3.64. The lowest BCUT2D eigenvalue weighted by Crippen LogP contribution is -2.26. The largest absolute Gasteiger partial charge is 0.444 e. The van der Waals surface area contributed by atoms with Crippen molar-refractivity contribution in [2.45, 2.75) is 25.3 Å². The Balaban J connectivity index is 1.84. The predicted octanol–water partition coefficient (Wildman–Crippen LogP) is 2.83. The second-order valence-corrected chi connectivity index (χ2v) is 6.33. The van der Waals surface area contributed by atoms with Gasteiger partial charge in [0.2, 0.25) is 11.3 Å². The average Bonchev–Trinajstić information content (AvgIpc) is 2.53. The topological polar surface area (TPSA) is 92.4 Å². The van der Waals surface area contributed by atoms with Gasteiger partial charge in [0.05, 0.1) is 6.04 Å². The molecule has 1 aliphatic carbocycles. The van der Waals surface area contributed by atoms with Crippen LogP contribution in [0.25, 0.3) is 0 Å². The zero-order chi connectivity index (χ0) is 16.4. The first-order chi connectivity index (χ1) is 11.1. The number of anilines is 1. The van der Waals surface area contributed by atoms with Crippen LogP contribution >= 0.6 is 15.9 Å². The number of hydrogen-bond acceptors (Lipinski definition) is 5. The van der Waals surface area contributed by atoms with Crippen LogP contribution in [0.4, 0.5) is 5.88 Å². The fraction of sp³-hybridized carbons (Fsp3) is 0.235. The van der Waals surface area contributed by atoms with Crippen LogP contribution in [0.2, 0.25) is 0 Å². The average molecular weight is 372 g/mol. The number of aliphatic imine (C=N–C) groups is 1. The summed E-state index contributed by atoms with van der Waals surface area (Å²) < 4.78 is 6.48. The Bertz CT molecular complexity index is 880. The number of rotatable bonds is 2. The molecule has 6 heteroatoms. The molecule has 0 amide bonds. The first-order valence-corrected chi connectivity index (χ1v) is 8.01. The van der Waals surface area contributed by atoms with E-state index >= 15 is 0 Å². The molecule has 1 heterocycles. The Labute approximate surface area is 141 Å². The molecule has 1 aliphatic rings. The molecule has 2 N–H and O–H groups in total. The van der Waals surface area contributed by atoms with Gasteiger partial charge in [-0.2, -0.15) is 5.26 Å². The van der Waals surface area contributed by atoms with Crippen LogP contribution in [0.15, 0.2) is 42.9 Å². The van der Waals surface area contributed by atoms with Crippen molar-refractivity contribution in [1.29, 1.82) is 5.26 Å². The number of fused-ring (bicyclic) bond motifs is 1. The number of nitrogens with two attached hydrogens (primary N) is 1. The maximum Gasteiger partial charge on any atom is 0.212 e. The lowest BCUT2D eigenvalue weighted by Gasteiger charge is -2.20. The van der Waals surface area contributed by atoms with Crippen LogP contribution in [0.5, 0.6) is 0 Å². The van der Waals surface area contributed by atoms with E-state index in [1.165, 1.54) is 0 Å². The van der Waals surface area contributed by atoms with Crippen molar-refractivity contribution in [2.24, 2.45) is 4.99 Å². The van der Waals surface area contributed by atoms with E-state index in [1.54, 1.807) is 0 Å². The number of nitriles is 1. The molecule has 1 aromatic heterocycles. The van der Waals surface area contributed by atoms with Crippen molar-refractivity contribution in [1.82, 2.24) is 0 Å². The molecular weight excluding hydrogens is 358 g/mol. The van der Waals surface area contributed by atoms with Crippen LogP contribution in [0, 0.1) is 11.3 Å². The Kier molecular flexibility index (Phi) is 4.30. The van der Waals surface area contributed by atoms with Gasteiger partial charge in [-0.05, 0) is 30.5 Å². The van der Waals surface area contributed by atoms with E-state index in [0.717, 1.165) is 16.5 Å². The molecule has 3 rings (SSSR count). The van der Waals surface area contributed by atoms with Gasteiger partial charge in [0.15, 0.2) is 5.56 Å². The summed E-state index contributed by atoms with van der Waals surface area (Å²) in [4.78, 5) is 16.8. The van der Waals surface area contributed by atoms with E-state index in [9.17, 15) is 4.79 Å². The molecule has 0 fully saturated rings. The van der Waals surface area contributed by atoms with Gasteiger partial charge in [-0.1, -0.05) is 28.1 Å². The zero-order valence-electron chi connectivity index (χ0n) is 12.3. The number of nitrogens with zero attached hydrogens (tertiary/aromatic N) is 2. The highest BCUT2D eigenvalue weighted by molar-refractivity contribution is 9.10. The first-order valence-electron chi connectivity index (χ1n) is 7.21. The second-order valence-electron chi connectivity index (χ2n) is 5.41. The predicted molar refractivity (Wildman–Crippen MR) is 91.7 cm³/mol. The van der Waals surface area contributed by atoms with Crippen LogP contribution in [-0.2, 0) is 12.8 Å². The van der Waals surface area contributed by atoms with Crippen LogP contribution in [0.1, 0.15) is 28.9 Å². The quantitative estimate of drug-likeness (QED) is 0.821. The number of benzene rings is 1. The zero-order valence-corrected chi connectivity index (χ0v) is 13.8. The Morgan fingerprint density at radius 3 is 3.04 bits per heavy atom. The van der Waals surface area contributed by atoms with Crippen molar-refractivity contribution in [3.05, 3.63) is 61.4 Å². The minimum atomic E-state index is -0.305. The standard InChI is InChI=1S/C17H14BrN3O2/c18-11-3-1-2-10(6-11)9-21-12-4-5-13-15(7-12)23-17(20)14(8-19)16(13)22/h1-3,6,9,12H,4-5,7,20H2. The molecule has 5 nitrogen and oxygen atoms in total. The molecule has 1 unspecified atom stereocenters. The molecule has 0 aliphatic heterocycles. The third kappa shape index (κ3) is 3.20. The van der Waals surface area contributed by atoms with Crippen molar-refractivity contribution in [3.63, 3.8) is 0 Å². The van der Waals surface area contributed by atoms with E-state index < -0.39 is 0 Å². The molecular formula is C17H14BrN3O2. The summed E-state index contributed by atoms with van der Waals surface area (Å²) in [7, 11) is 0. The van der Waals surface area contributed by atoms with E-state index in [4.69, 9.17) is 15.4 Å². The summed E-state index contributed by atoms with van der Waals surface area (Å²) in [5.74, 6) is 0.446. The van der Waals surface area contributed by atoms with Gasteiger partial charge in [0.1, 0.15) is 11.8 Å². The highest BCUT2D eigenvalue weighted by Gasteiger charge is 2.25. The Hall–Kier alpha value is -2.39. The van der Waals surface area contributed by atoms with Gasteiger partial charge in [0, 0.05) is 22.7 Å². The van der Waals surface area contributed by atoms with Gasteiger partial charge in [-0.15, -0.1) is 0 Å². The minimum Gasteiger partial charge on any atom is -0.444 e. The summed E-state index contributed by atoms with van der Waals surface area (Å²) >= 11 is 3.43. The maximum atomic E-state index is 12.2. The van der Waals surface area contributed by atoms with Gasteiger partial charge in [-0.25, -0.2) is 0 Å². The van der Waals surface area contributed by atoms with Crippen LogP contribution < -0.4 is 11.2 Å².